The van der Waals surface area contributed by atoms with Gasteiger partial charge in [-0.25, -0.2) is 0 Å². The highest BCUT2D eigenvalue weighted by molar-refractivity contribution is 8.00. The number of nitrogens with one attached hydrogen (secondary N) is 1. The number of nitrogens with zero attached hydrogens (tertiary/aromatic N) is 3. The Hall–Kier alpha value is -2.67. The molecule has 6 nitrogen and oxygen atoms in total. The monoisotopic (exact) mass is 368 g/mol. The zero-order valence-corrected chi connectivity index (χ0v) is 15.5. The van der Waals surface area contributed by atoms with Gasteiger partial charge in [0.2, 0.25) is 5.91 Å². The summed E-state index contributed by atoms with van der Waals surface area (Å²) >= 11 is 1.37. The number of Topliss-reactive ketones (excluding diaryl/α,β-unsaturated/α-hetero) is 1. The van der Waals surface area contributed by atoms with Crippen LogP contribution in [0.15, 0.2) is 53.8 Å². The molecule has 0 unspecified atom stereocenters. The van der Waals surface area contributed by atoms with E-state index in [2.05, 4.69) is 15.5 Å². The molecule has 0 aliphatic heterocycles. The summed E-state index contributed by atoms with van der Waals surface area (Å²) in [6, 6.07) is 12.7. The summed E-state index contributed by atoms with van der Waals surface area (Å²) in [4.78, 5) is 24.3. The molecule has 0 bridgehead atoms. The lowest BCUT2D eigenvalue weighted by Crippen LogP contribution is -2.14. The fraction of sp³-hybridized carbons (Fsp3) is 0.263. The molecule has 1 amide bonds. The molecule has 2 heterocycles. The second kappa shape index (κ2) is 8.14. The third-order valence-corrected chi connectivity index (χ3v) is 4.92. The van der Waals surface area contributed by atoms with E-state index in [-0.39, 0.29) is 16.9 Å². The maximum Gasteiger partial charge on any atom is 0.224 e. The topological polar surface area (TPSA) is 76.4 Å². The van der Waals surface area contributed by atoms with Crippen molar-refractivity contribution >= 4 is 34.8 Å². The van der Waals surface area contributed by atoms with E-state index in [1.807, 2.05) is 42.6 Å². The van der Waals surface area contributed by atoms with Gasteiger partial charge < -0.3 is 5.32 Å². The van der Waals surface area contributed by atoms with Crippen LogP contribution in [0.3, 0.4) is 0 Å². The van der Waals surface area contributed by atoms with Crippen molar-refractivity contribution in [2.24, 2.45) is 0 Å². The number of aromatic nitrogens is 3. The van der Waals surface area contributed by atoms with Crippen LogP contribution >= 0.6 is 11.8 Å². The minimum atomic E-state index is -0.303. The van der Waals surface area contributed by atoms with Gasteiger partial charge in [0.05, 0.1) is 5.25 Å². The first kappa shape index (κ1) is 18.1. The summed E-state index contributed by atoms with van der Waals surface area (Å²) in [5, 5.41) is 11.5. The van der Waals surface area contributed by atoms with Gasteiger partial charge in [0.15, 0.2) is 16.6 Å². The predicted octanol–water partition coefficient (Wildman–Crippen LogP) is 3.83. The minimum Gasteiger partial charge on any atom is -0.326 e. The molecule has 1 N–H and O–H groups in total. The standard InChI is InChI=1S/C19H20N4O2S/c1-3-6-17(24)20-15-10-8-14(9-11-15)18(25)13(2)26-19-22-21-16-7-4-5-12-23(16)19/h4-5,7-13H,3,6H2,1-2H3,(H,20,24)/t13-/m0/s1. The lowest BCUT2D eigenvalue weighted by atomic mass is 10.1. The van der Waals surface area contributed by atoms with Gasteiger partial charge >= 0.3 is 0 Å². The van der Waals surface area contributed by atoms with Gasteiger partial charge in [-0.15, -0.1) is 10.2 Å². The summed E-state index contributed by atoms with van der Waals surface area (Å²) in [7, 11) is 0. The molecule has 0 fully saturated rings. The van der Waals surface area contributed by atoms with Crippen molar-refractivity contribution in [2.75, 3.05) is 5.32 Å². The molecular weight excluding hydrogens is 348 g/mol. The fourth-order valence-electron chi connectivity index (χ4n) is 2.51. The summed E-state index contributed by atoms with van der Waals surface area (Å²) < 4.78 is 1.86. The number of amides is 1. The molecule has 0 saturated heterocycles. The molecule has 0 radical (unpaired) electrons. The van der Waals surface area contributed by atoms with Gasteiger partial charge in [-0.2, -0.15) is 0 Å². The molecule has 0 aliphatic rings. The molecule has 26 heavy (non-hydrogen) atoms. The molecule has 7 heteroatoms. The smallest absolute Gasteiger partial charge is 0.224 e. The van der Waals surface area contributed by atoms with Crippen molar-refractivity contribution in [3.8, 4) is 0 Å². The number of carbonyl (C=O) groups is 2. The van der Waals surface area contributed by atoms with E-state index in [0.29, 0.717) is 22.8 Å². The molecule has 0 spiro atoms. The van der Waals surface area contributed by atoms with Crippen molar-refractivity contribution < 1.29 is 9.59 Å². The van der Waals surface area contributed by atoms with Crippen LogP contribution in [-0.2, 0) is 4.79 Å². The van der Waals surface area contributed by atoms with Crippen LogP contribution in [0.25, 0.3) is 5.65 Å². The Labute approximate surface area is 156 Å². The normalized spacial score (nSPS) is 12.1. The van der Waals surface area contributed by atoms with E-state index in [1.165, 1.54) is 11.8 Å². The first-order valence-electron chi connectivity index (χ1n) is 8.49. The number of thioether (sulfide) groups is 1. The van der Waals surface area contributed by atoms with Crippen LogP contribution in [0, 0.1) is 0 Å². The predicted molar refractivity (Wildman–Crippen MR) is 103 cm³/mol. The van der Waals surface area contributed by atoms with E-state index >= 15 is 0 Å². The number of hydrogen-bond donors (Lipinski definition) is 1. The highest BCUT2D eigenvalue weighted by atomic mass is 32.2. The van der Waals surface area contributed by atoms with Gasteiger partial charge in [-0.3, -0.25) is 14.0 Å². The largest absolute Gasteiger partial charge is 0.326 e. The number of fused-ring (bicyclic) bond motifs is 1. The second-order valence-corrected chi connectivity index (χ2v) is 7.22. The number of pyridine rings is 1. The Morgan fingerprint density at radius 2 is 1.92 bits per heavy atom. The first-order chi connectivity index (χ1) is 12.6. The zero-order chi connectivity index (χ0) is 18.5. The van der Waals surface area contributed by atoms with Crippen LogP contribution in [0.1, 0.15) is 37.0 Å². The molecule has 3 rings (SSSR count). The van der Waals surface area contributed by atoms with Gasteiger partial charge in [0.1, 0.15) is 0 Å². The Balaban J connectivity index is 1.67. The number of hydrogen-bond acceptors (Lipinski definition) is 5. The highest BCUT2D eigenvalue weighted by Gasteiger charge is 2.19. The highest BCUT2D eigenvalue weighted by Crippen LogP contribution is 2.25. The third kappa shape index (κ3) is 4.11. The maximum atomic E-state index is 12.7. The lowest BCUT2D eigenvalue weighted by Gasteiger charge is -2.10. The molecule has 134 valence electrons. The van der Waals surface area contributed by atoms with Crippen molar-refractivity contribution in [3.05, 3.63) is 54.2 Å². The molecule has 3 aromatic rings. The van der Waals surface area contributed by atoms with Crippen molar-refractivity contribution in [2.45, 2.75) is 37.1 Å². The molecular formula is C19H20N4O2S. The van der Waals surface area contributed by atoms with Gasteiger partial charge in [-0.05, 0) is 49.7 Å². The minimum absolute atomic E-state index is 0.00844. The third-order valence-electron chi connectivity index (χ3n) is 3.86. The maximum absolute atomic E-state index is 12.7. The molecule has 1 aromatic carbocycles. The van der Waals surface area contributed by atoms with Crippen LogP contribution in [0.5, 0.6) is 0 Å². The Morgan fingerprint density at radius 1 is 1.15 bits per heavy atom. The van der Waals surface area contributed by atoms with Gasteiger partial charge in [0, 0.05) is 23.9 Å². The summed E-state index contributed by atoms with van der Waals surface area (Å²) in [5.74, 6) is -0.0108. The Morgan fingerprint density at radius 3 is 2.65 bits per heavy atom. The van der Waals surface area contributed by atoms with Crippen LogP contribution in [0.2, 0.25) is 0 Å². The van der Waals surface area contributed by atoms with Crippen molar-refractivity contribution in [1.29, 1.82) is 0 Å². The zero-order valence-electron chi connectivity index (χ0n) is 14.7. The molecule has 2 aromatic heterocycles. The van der Waals surface area contributed by atoms with E-state index in [9.17, 15) is 9.59 Å². The van der Waals surface area contributed by atoms with Crippen LogP contribution in [-0.4, -0.2) is 31.5 Å². The van der Waals surface area contributed by atoms with E-state index in [4.69, 9.17) is 0 Å². The second-order valence-electron chi connectivity index (χ2n) is 5.91. The quantitative estimate of drug-likeness (QED) is 0.507. The molecule has 0 aliphatic carbocycles. The Bertz CT molecular complexity index is 921. The number of anilines is 1. The average Bonchev–Trinajstić information content (AvgIpc) is 3.05. The lowest BCUT2D eigenvalue weighted by molar-refractivity contribution is -0.116. The van der Waals surface area contributed by atoms with Gasteiger partial charge in [0.25, 0.3) is 0 Å². The van der Waals surface area contributed by atoms with E-state index in [0.717, 1.165) is 12.1 Å². The van der Waals surface area contributed by atoms with Gasteiger partial charge in [-0.1, -0.05) is 24.8 Å². The number of rotatable bonds is 7. The number of carbonyl (C=O) groups excluding carboxylic acids is 2. The SMILES string of the molecule is CCCC(=O)Nc1ccc(C(=O)[C@H](C)Sc2nnc3ccccn23)cc1. The summed E-state index contributed by atoms with van der Waals surface area (Å²) in [5.41, 5.74) is 2.05. The first-order valence-corrected chi connectivity index (χ1v) is 9.37. The van der Waals surface area contributed by atoms with Crippen molar-refractivity contribution in [1.82, 2.24) is 14.6 Å². The summed E-state index contributed by atoms with van der Waals surface area (Å²) in [6.07, 6.45) is 3.16. The molecule has 1 atom stereocenters. The Kier molecular flexibility index (Phi) is 5.68. The molecule has 0 saturated carbocycles. The summed E-state index contributed by atoms with van der Waals surface area (Å²) in [6.45, 7) is 3.81. The van der Waals surface area contributed by atoms with E-state index in [1.54, 1.807) is 24.3 Å². The number of benzene rings is 1. The number of ketones is 1. The average molecular weight is 368 g/mol. The van der Waals surface area contributed by atoms with Crippen LogP contribution in [0.4, 0.5) is 5.69 Å². The fourth-order valence-corrected chi connectivity index (χ4v) is 3.43. The van der Waals surface area contributed by atoms with Crippen LogP contribution < -0.4 is 5.32 Å². The van der Waals surface area contributed by atoms with E-state index < -0.39 is 0 Å². The van der Waals surface area contributed by atoms with Crippen molar-refractivity contribution in [3.63, 3.8) is 0 Å².